The van der Waals surface area contributed by atoms with Gasteiger partial charge in [-0.3, -0.25) is 9.80 Å². The molecular formula is C18H36N2O4. The van der Waals surface area contributed by atoms with Crippen LogP contribution in [-0.2, 0) is 0 Å². The molecule has 2 saturated carbocycles. The Bertz CT molecular complexity index is 359. The van der Waals surface area contributed by atoms with Crippen LogP contribution in [0, 0.1) is 23.2 Å². The highest BCUT2D eigenvalue weighted by Gasteiger charge is 2.52. The lowest BCUT2D eigenvalue weighted by Crippen LogP contribution is -2.44. The molecule has 4 N–H and O–H groups in total. The highest BCUT2D eigenvalue weighted by Crippen LogP contribution is 2.58. The molecule has 0 aromatic carbocycles. The summed E-state index contributed by atoms with van der Waals surface area (Å²) in [7, 11) is 0. The number of rotatable bonds is 12. The quantitative estimate of drug-likeness (QED) is 0.386. The Labute approximate surface area is 146 Å². The van der Waals surface area contributed by atoms with Gasteiger partial charge >= 0.3 is 0 Å². The van der Waals surface area contributed by atoms with E-state index >= 15 is 0 Å². The van der Waals surface area contributed by atoms with E-state index in [0.717, 1.165) is 19.0 Å². The van der Waals surface area contributed by atoms with Crippen LogP contribution >= 0.6 is 0 Å². The van der Waals surface area contributed by atoms with E-state index in [9.17, 15) is 20.4 Å². The van der Waals surface area contributed by atoms with Crippen LogP contribution in [0.15, 0.2) is 0 Å². The van der Waals surface area contributed by atoms with Crippen LogP contribution in [0.3, 0.4) is 0 Å². The van der Waals surface area contributed by atoms with Crippen molar-refractivity contribution in [2.45, 2.75) is 26.2 Å². The summed E-state index contributed by atoms with van der Waals surface area (Å²) < 4.78 is 0. The normalized spacial score (nSPS) is 32.4. The zero-order valence-corrected chi connectivity index (χ0v) is 15.1. The lowest BCUT2D eigenvalue weighted by molar-refractivity contribution is 0.0546. The van der Waals surface area contributed by atoms with Gasteiger partial charge < -0.3 is 20.4 Å². The van der Waals surface area contributed by atoms with Crippen LogP contribution in [0.4, 0.5) is 0 Å². The van der Waals surface area contributed by atoms with Gasteiger partial charge in [-0.15, -0.1) is 0 Å². The summed E-state index contributed by atoms with van der Waals surface area (Å²) in [5, 5.41) is 36.8. The van der Waals surface area contributed by atoms with Gasteiger partial charge in [0.1, 0.15) is 0 Å². The third kappa shape index (κ3) is 4.90. The zero-order chi connectivity index (χ0) is 17.6. The highest BCUT2D eigenvalue weighted by atomic mass is 16.3. The monoisotopic (exact) mass is 344 g/mol. The summed E-state index contributed by atoms with van der Waals surface area (Å²) in [5.74, 6) is 2.10. The predicted octanol–water partition coefficient (Wildman–Crippen LogP) is -0.388. The molecule has 2 aliphatic rings. The maximum absolute atomic E-state index is 9.23. The van der Waals surface area contributed by atoms with E-state index in [1.165, 1.54) is 19.3 Å². The van der Waals surface area contributed by atoms with Crippen LogP contribution in [0.5, 0.6) is 0 Å². The van der Waals surface area contributed by atoms with Gasteiger partial charge in [0.2, 0.25) is 0 Å². The number of aliphatic hydroxyl groups excluding tert-OH is 4. The van der Waals surface area contributed by atoms with E-state index in [4.69, 9.17) is 0 Å². The van der Waals surface area contributed by atoms with Crippen LogP contribution < -0.4 is 0 Å². The lowest BCUT2D eigenvalue weighted by atomic mass is 9.71. The van der Waals surface area contributed by atoms with Crippen molar-refractivity contribution in [1.29, 1.82) is 0 Å². The number of hydrogen-bond acceptors (Lipinski definition) is 6. The second-order valence-electron chi connectivity index (χ2n) is 8.02. The third-order valence-electron chi connectivity index (χ3n) is 6.30. The van der Waals surface area contributed by atoms with Crippen molar-refractivity contribution in [3.63, 3.8) is 0 Å². The topological polar surface area (TPSA) is 87.4 Å². The van der Waals surface area contributed by atoms with Crippen molar-refractivity contribution in [2.24, 2.45) is 23.2 Å². The van der Waals surface area contributed by atoms with Crippen LogP contribution in [-0.4, -0.2) is 95.9 Å². The average Bonchev–Trinajstić information content (AvgIpc) is 3.05. The number of fused-ring (bicyclic) bond motifs is 2. The van der Waals surface area contributed by atoms with Crippen molar-refractivity contribution >= 4 is 0 Å². The molecule has 2 bridgehead atoms. The molecule has 2 rings (SSSR count). The van der Waals surface area contributed by atoms with Gasteiger partial charge in [0.25, 0.3) is 0 Å². The first-order valence-corrected chi connectivity index (χ1v) is 9.44. The Kier molecular flexibility index (Phi) is 7.91. The molecule has 0 saturated heterocycles. The molecular weight excluding hydrogens is 308 g/mol. The summed E-state index contributed by atoms with van der Waals surface area (Å²) in [6, 6.07) is 0. The molecule has 4 atom stereocenters. The van der Waals surface area contributed by atoms with Crippen LogP contribution in [0.25, 0.3) is 0 Å². The summed E-state index contributed by atoms with van der Waals surface area (Å²) in [6.45, 7) is 7.46. The lowest BCUT2D eigenvalue weighted by Gasteiger charge is -2.41. The Balaban J connectivity index is 1.88. The van der Waals surface area contributed by atoms with Crippen molar-refractivity contribution in [1.82, 2.24) is 9.80 Å². The SMILES string of the molecule is CC1(CN(CCO)CCO)CC2CC1CC2CN(CCO)CCO. The Morgan fingerprint density at radius 3 is 1.83 bits per heavy atom. The summed E-state index contributed by atoms with van der Waals surface area (Å²) in [5.41, 5.74) is 0.282. The number of nitrogens with zero attached hydrogens (tertiary/aromatic N) is 2. The minimum Gasteiger partial charge on any atom is -0.395 e. The third-order valence-corrected chi connectivity index (χ3v) is 6.30. The van der Waals surface area contributed by atoms with Gasteiger partial charge in [-0.1, -0.05) is 6.92 Å². The van der Waals surface area contributed by atoms with Crippen LogP contribution in [0.2, 0.25) is 0 Å². The molecule has 0 aromatic heterocycles. The van der Waals surface area contributed by atoms with Gasteiger partial charge in [-0.25, -0.2) is 0 Å². The molecule has 0 aliphatic heterocycles. The molecule has 0 aromatic rings. The minimum absolute atomic E-state index is 0.143. The van der Waals surface area contributed by atoms with E-state index in [0.29, 0.717) is 38.0 Å². The molecule has 0 heterocycles. The Morgan fingerprint density at radius 1 is 0.833 bits per heavy atom. The molecule has 142 valence electrons. The van der Waals surface area contributed by atoms with Gasteiger partial charge in [-0.2, -0.15) is 0 Å². The fourth-order valence-electron chi connectivity index (χ4n) is 5.19. The molecule has 6 nitrogen and oxygen atoms in total. The fraction of sp³-hybridized carbons (Fsp3) is 1.00. The molecule has 0 amide bonds. The molecule has 24 heavy (non-hydrogen) atoms. The largest absolute Gasteiger partial charge is 0.395 e. The van der Waals surface area contributed by atoms with E-state index in [1.807, 2.05) is 0 Å². The van der Waals surface area contributed by atoms with Crippen molar-refractivity contribution in [3.05, 3.63) is 0 Å². The molecule has 2 fully saturated rings. The predicted molar refractivity (Wildman–Crippen MR) is 93.7 cm³/mol. The smallest absolute Gasteiger partial charge is 0.0558 e. The molecule has 0 spiro atoms. The summed E-state index contributed by atoms with van der Waals surface area (Å²) in [4.78, 5) is 4.38. The first kappa shape index (κ1) is 20.1. The van der Waals surface area contributed by atoms with Crippen molar-refractivity contribution in [3.8, 4) is 0 Å². The zero-order valence-electron chi connectivity index (χ0n) is 15.1. The minimum atomic E-state index is 0.143. The second kappa shape index (κ2) is 9.46. The standard InChI is InChI=1S/C18H36N2O4/c1-18(14-20(4-8-23)5-9-24)12-15-10-17(18)11-16(15)13-19(2-6-21)3-7-22/h15-17,21-24H,2-14H2,1H3. The van der Waals surface area contributed by atoms with E-state index < -0.39 is 0 Å². The number of hydrogen-bond donors (Lipinski definition) is 4. The van der Waals surface area contributed by atoms with Gasteiger partial charge in [-0.05, 0) is 42.4 Å². The molecule has 4 unspecified atom stereocenters. The van der Waals surface area contributed by atoms with Crippen molar-refractivity contribution < 1.29 is 20.4 Å². The molecule has 2 aliphatic carbocycles. The highest BCUT2D eigenvalue weighted by molar-refractivity contribution is 5.03. The first-order chi connectivity index (χ1) is 11.6. The maximum Gasteiger partial charge on any atom is 0.0558 e. The van der Waals surface area contributed by atoms with Gasteiger partial charge in [0.05, 0.1) is 26.4 Å². The Hall–Kier alpha value is -0.240. The average molecular weight is 344 g/mol. The van der Waals surface area contributed by atoms with E-state index in [2.05, 4.69) is 16.7 Å². The second-order valence-corrected chi connectivity index (χ2v) is 8.02. The number of aliphatic hydroxyl groups is 4. The van der Waals surface area contributed by atoms with Gasteiger partial charge in [0, 0.05) is 39.3 Å². The maximum atomic E-state index is 9.23. The summed E-state index contributed by atoms with van der Waals surface area (Å²) in [6.07, 6.45) is 3.71. The van der Waals surface area contributed by atoms with Gasteiger partial charge in [0.15, 0.2) is 0 Å². The Morgan fingerprint density at radius 2 is 1.38 bits per heavy atom. The molecule has 6 heteroatoms. The van der Waals surface area contributed by atoms with Crippen LogP contribution in [0.1, 0.15) is 26.2 Å². The fourth-order valence-corrected chi connectivity index (χ4v) is 5.19. The van der Waals surface area contributed by atoms with Crippen molar-refractivity contribution in [2.75, 3.05) is 65.7 Å². The summed E-state index contributed by atoms with van der Waals surface area (Å²) >= 11 is 0. The first-order valence-electron chi connectivity index (χ1n) is 9.44. The van der Waals surface area contributed by atoms with E-state index in [-0.39, 0.29) is 31.8 Å². The van der Waals surface area contributed by atoms with E-state index in [1.54, 1.807) is 0 Å². The molecule has 0 radical (unpaired) electrons.